The van der Waals surface area contributed by atoms with E-state index in [-0.39, 0.29) is 11.8 Å². The summed E-state index contributed by atoms with van der Waals surface area (Å²) in [5, 5.41) is 3.26. The second kappa shape index (κ2) is 5.02. The minimum atomic E-state index is -0.00514. The molecule has 1 saturated carbocycles. The number of nitrogens with zero attached hydrogens (tertiary/aromatic N) is 1. The third-order valence-electron chi connectivity index (χ3n) is 3.36. The van der Waals surface area contributed by atoms with Crippen molar-refractivity contribution in [3.8, 4) is 0 Å². The Morgan fingerprint density at radius 2 is 2.00 bits per heavy atom. The Kier molecular flexibility index (Phi) is 3.22. The Bertz CT molecular complexity index is 600. The van der Waals surface area contributed by atoms with Gasteiger partial charge in [0.15, 0.2) is 5.82 Å². The first-order valence-electron chi connectivity index (χ1n) is 6.22. The molecule has 2 atom stereocenters. The van der Waals surface area contributed by atoms with Crippen LogP contribution < -0.4 is 5.32 Å². The van der Waals surface area contributed by atoms with Gasteiger partial charge in [-0.3, -0.25) is 4.79 Å². The van der Waals surface area contributed by atoms with Gasteiger partial charge in [-0.2, -0.15) is 0 Å². The molecule has 0 spiro atoms. The molecule has 96 valence electrons. The van der Waals surface area contributed by atoms with Gasteiger partial charge in [-0.25, -0.2) is 4.98 Å². The average molecular weight is 273 g/mol. The number of halogens is 1. The molecule has 1 fully saturated rings. The SMILES string of the molecule is O=C(Nc1ncccc1Cl)[C@@H]1C[C@@H]1c1ccccc1. The maximum Gasteiger partial charge on any atom is 0.229 e. The maximum atomic E-state index is 12.1. The minimum Gasteiger partial charge on any atom is -0.309 e. The number of anilines is 1. The number of aromatic nitrogens is 1. The first kappa shape index (κ1) is 12.2. The van der Waals surface area contributed by atoms with Gasteiger partial charge in [0.2, 0.25) is 5.91 Å². The number of rotatable bonds is 3. The third-order valence-corrected chi connectivity index (χ3v) is 3.66. The normalized spacial score (nSPS) is 20.9. The maximum absolute atomic E-state index is 12.1. The number of nitrogens with one attached hydrogen (secondary N) is 1. The van der Waals surface area contributed by atoms with Crippen molar-refractivity contribution in [2.75, 3.05) is 5.32 Å². The van der Waals surface area contributed by atoms with Crippen molar-refractivity contribution in [3.05, 3.63) is 59.2 Å². The first-order chi connectivity index (χ1) is 9.25. The van der Waals surface area contributed by atoms with Crippen LogP contribution in [0, 0.1) is 5.92 Å². The van der Waals surface area contributed by atoms with E-state index in [0.29, 0.717) is 16.8 Å². The summed E-state index contributed by atoms with van der Waals surface area (Å²) >= 11 is 5.97. The van der Waals surface area contributed by atoms with Crippen LogP contribution in [0.3, 0.4) is 0 Å². The number of carbonyl (C=O) groups is 1. The fourth-order valence-electron chi connectivity index (χ4n) is 2.24. The van der Waals surface area contributed by atoms with Gasteiger partial charge < -0.3 is 5.32 Å². The van der Waals surface area contributed by atoms with E-state index in [1.54, 1.807) is 18.3 Å². The quantitative estimate of drug-likeness (QED) is 0.929. The minimum absolute atomic E-state index is 0.00514. The number of hydrogen-bond acceptors (Lipinski definition) is 2. The van der Waals surface area contributed by atoms with Gasteiger partial charge in [0, 0.05) is 12.1 Å². The average Bonchev–Trinajstić information content (AvgIpc) is 3.23. The van der Waals surface area contributed by atoms with Crippen LogP contribution in [-0.4, -0.2) is 10.9 Å². The zero-order chi connectivity index (χ0) is 13.2. The summed E-state index contributed by atoms with van der Waals surface area (Å²) < 4.78 is 0. The summed E-state index contributed by atoms with van der Waals surface area (Å²) in [4.78, 5) is 16.2. The Morgan fingerprint density at radius 3 is 2.74 bits per heavy atom. The lowest BCUT2D eigenvalue weighted by Gasteiger charge is -2.05. The fourth-order valence-corrected chi connectivity index (χ4v) is 2.41. The molecule has 0 bridgehead atoms. The van der Waals surface area contributed by atoms with Crippen LogP contribution in [0.1, 0.15) is 17.9 Å². The highest BCUT2D eigenvalue weighted by atomic mass is 35.5. The highest BCUT2D eigenvalue weighted by Gasteiger charge is 2.43. The molecule has 3 nitrogen and oxygen atoms in total. The summed E-state index contributed by atoms with van der Waals surface area (Å²) in [5.41, 5.74) is 1.22. The van der Waals surface area contributed by atoms with E-state index in [9.17, 15) is 4.79 Å². The first-order valence-corrected chi connectivity index (χ1v) is 6.60. The lowest BCUT2D eigenvalue weighted by atomic mass is 10.1. The molecule has 0 radical (unpaired) electrons. The Morgan fingerprint density at radius 1 is 1.21 bits per heavy atom. The Labute approximate surface area is 116 Å². The zero-order valence-electron chi connectivity index (χ0n) is 10.2. The van der Waals surface area contributed by atoms with Gasteiger partial charge in [0.1, 0.15) is 0 Å². The second-order valence-electron chi connectivity index (χ2n) is 4.68. The van der Waals surface area contributed by atoms with Crippen LogP contribution in [0.5, 0.6) is 0 Å². The van der Waals surface area contributed by atoms with E-state index >= 15 is 0 Å². The summed E-state index contributed by atoms with van der Waals surface area (Å²) in [6, 6.07) is 13.6. The summed E-state index contributed by atoms with van der Waals surface area (Å²) in [6.45, 7) is 0. The van der Waals surface area contributed by atoms with Crippen LogP contribution in [0.4, 0.5) is 5.82 Å². The largest absolute Gasteiger partial charge is 0.309 e. The number of amides is 1. The van der Waals surface area contributed by atoms with Crippen LogP contribution in [0.15, 0.2) is 48.7 Å². The molecule has 1 amide bonds. The predicted octanol–water partition coefficient (Wildman–Crippen LogP) is 3.48. The van der Waals surface area contributed by atoms with Crippen LogP contribution >= 0.6 is 11.6 Å². The van der Waals surface area contributed by atoms with Crippen molar-refractivity contribution < 1.29 is 4.79 Å². The molecule has 1 N–H and O–H groups in total. The lowest BCUT2D eigenvalue weighted by Crippen LogP contribution is -2.15. The molecule has 4 heteroatoms. The van der Waals surface area contributed by atoms with Crippen molar-refractivity contribution in [2.24, 2.45) is 5.92 Å². The molecule has 0 unspecified atom stereocenters. The molecule has 1 aliphatic carbocycles. The smallest absolute Gasteiger partial charge is 0.229 e. The molecule has 1 heterocycles. The fraction of sp³-hybridized carbons (Fsp3) is 0.200. The number of pyridine rings is 1. The van der Waals surface area contributed by atoms with Crippen molar-refractivity contribution in [3.63, 3.8) is 0 Å². The van der Waals surface area contributed by atoms with Crippen molar-refractivity contribution >= 4 is 23.3 Å². The van der Waals surface area contributed by atoms with E-state index in [4.69, 9.17) is 11.6 Å². The number of carbonyl (C=O) groups excluding carboxylic acids is 1. The highest BCUT2D eigenvalue weighted by Crippen LogP contribution is 2.47. The molecule has 1 aliphatic rings. The number of benzene rings is 1. The van der Waals surface area contributed by atoms with E-state index in [2.05, 4.69) is 22.4 Å². The zero-order valence-corrected chi connectivity index (χ0v) is 11.0. The third kappa shape index (κ3) is 2.61. The number of hydrogen-bond donors (Lipinski definition) is 1. The second-order valence-corrected chi connectivity index (χ2v) is 5.09. The Balaban J connectivity index is 1.66. The van der Waals surface area contributed by atoms with Crippen molar-refractivity contribution in [1.29, 1.82) is 0 Å². The molecule has 19 heavy (non-hydrogen) atoms. The molecular formula is C15H13ClN2O. The van der Waals surface area contributed by atoms with Gasteiger partial charge in [0.05, 0.1) is 5.02 Å². The Hall–Kier alpha value is -1.87. The van der Waals surface area contributed by atoms with E-state index in [1.165, 1.54) is 5.56 Å². The van der Waals surface area contributed by atoms with E-state index in [1.807, 2.05) is 18.2 Å². The standard InChI is InChI=1S/C15H13ClN2O/c16-13-7-4-8-17-14(13)18-15(19)12-9-11(12)10-5-2-1-3-6-10/h1-8,11-12H,9H2,(H,17,18,19)/t11-,12-/m1/s1. The molecule has 2 aromatic rings. The summed E-state index contributed by atoms with van der Waals surface area (Å²) in [5.74, 6) is 0.784. The predicted molar refractivity (Wildman–Crippen MR) is 75.2 cm³/mol. The van der Waals surface area contributed by atoms with Crippen LogP contribution in [0.25, 0.3) is 0 Å². The molecule has 3 rings (SSSR count). The molecule has 0 aliphatic heterocycles. The van der Waals surface area contributed by atoms with Crippen molar-refractivity contribution in [2.45, 2.75) is 12.3 Å². The van der Waals surface area contributed by atoms with Gasteiger partial charge in [-0.15, -0.1) is 0 Å². The highest BCUT2D eigenvalue weighted by molar-refractivity contribution is 6.33. The topological polar surface area (TPSA) is 42.0 Å². The summed E-state index contributed by atoms with van der Waals surface area (Å²) in [7, 11) is 0. The molecular weight excluding hydrogens is 260 g/mol. The van der Waals surface area contributed by atoms with Gasteiger partial charge in [-0.1, -0.05) is 41.9 Å². The van der Waals surface area contributed by atoms with Crippen molar-refractivity contribution in [1.82, 2.24) is 4.98 Å². The molecule has 1 aromatic heterocycles. The molecule has 1 aromatic carbocycles. The van der Waals surface area contributed by atoms with E-state index in [0.717, 1.165) is 6.42 Å². The summed E-state index contributed by atoms with van der Waals surface area (Å²) in [6.07, 6.45) is 2.50. The van der Waals surface area contributed by atoms with E-state index < -0.39 is 0 Å². The van der Waals surface area contributed by atoms with Crippen LogP contribution in [0.2, 0.25) is 5.02 Å². The monoisotopic (exact) mass is 272 g/mol. The lowest BCUT2D eigenvalue weighted by molar-refractivity contribution is -0.117. The molecule has 0 saturated heterocycles. The van der Waals surface area contributed by atoms with Gasteiger partial charge in [-0.05, 0) is 30.0 Å². The van der Waals surface area contributed by atoms with Gasteiger partial charge in [0.25, 0.3) is 0 Å². The van der Waals surface area contributed by atoms with Crippen LogP contribution in [-0.2, 0) is 4.79 Å². The van der Waals surface area contributed by atoms with Gasteiger partial charge >= 0.3 is 0 Å².